The molecule has 108 valence electrons. The van der Waals surface area contributed by atoms with Crippen molar-refractivity contribution in [1.82, 2.24) is 10.3 Å². The summed E-state index contributed by atoms with van der Waals surface area (Å²) in [6, 6.07) is 0.968. The van der Waals surface area contributed by atoms with Gasteiger partial charge in [0.25, 0.3) is 11.6 Å². The number of aromatic nitrogens is 1. The van der Waals surface area contributed by atoms with Crippen molar-refractivity contribution in [2.75, 3.05) is 6.61 Å². The molecule has 1 heterocycles. The molecular weight excluding hydrogens is 286 g/mol. The molecule has 2 unspecified atom stereocenters. The van der Waals surface area contributed by atoms with E-state index in [4.69, 9.17) is 11.6 Å². The average molecular weight is 300 g/mol. The number of aliphatic hydroxyl groups is 1. The van der Waals surface area contributed by atoms with E-state index in [0.29, 0.717) is 0 Å². The second-order valence-electron chi connectivity index (χ2n) is 4.74. The number of rotatable bonds is 4. The summed E-state index contributed by atoms with van der Waals surface area (Å²) >= 11 is 5.81. The standard InChI is InChI=1S/C12H14ClN3O4/c13-11-9(4-8(5-14-11)16(19)20)12(18)15-10-3-1-2-7(10)6-17/h4-5,7,10,17H,1-3,6H2,(H,15,18). The van der Waals surface area contributed by atoms with Crippen molar-refractivity contribution in [3.05, 3.63) is 33.1 Å². The van der Waals surface area contributed by atoms with Crippen molar-refractivity contribution in [2.24, 2.45) is 5.92 Å². The third-order valence-electron chi connectivity index (χ3n) is 3.49. The summed E-state index contributed by atoms with van der Waals surface area (Å²) in [4.78, 5) is 25.8. The fourth-order valence-electron chi connectivity index (χ4n) is 2.39. The van der Waals surface area contributed by atoms with Crippen molar-refractivity contribution in [3.63, 3.8) is 0 Å². The van der Waals surface area contributed by atoms with Crippen molar-refractivity contribution in [2.45, 2.75) is 25.3 Å². The van der Waals surface area contributed by atoms with Crippen molar-refractivity contribution in [3.8, 4) is 0 Å². The van der Waals surface area contributed by atoms with Gasteiger partial charge in [-0.1, -0.05) is 18.0 Å². The van der Waals surface area contributed by atoms with E-state index in [1.54, 1.807) is 0 Å². The van der Waals surface area contributed by atoms with Crippen LogP contribution < -0.4 is 5.32 Å². The SMILES string of the molecule is O=C(NC1CCCC1CO)c1cc([N+](=O)[O-])cnc1Cl. The number of hydrogen-bond donors (Lipinski definition) is 2. The van der Waals surface area contributed by atoms with Crippen LogP contribution in [0.25, 0.3) is 0 Å². The first-order valence-corrected chi connectivity index (χ1v) is 6.62. The number of aliphatic hydroxyl groups excluding tert-OH is 1. The van der Waals surface area contributed by atoms with E-state index >= 15 is 0 Å². The molecule has 0 aromatic carbocycles. The van der Waals surface area contributed by atoms with Gasteiger partial charge in [-0.3, -0.25) is 14.9 Å². The van der Waals surface area contributed by atoms with Crippen LogP contribution in [-0.2, 0) is 0 Å². The van der Waals surface area contributed by atoms with E-state index in [9.17, 15) is 20.0 Å². The lowest BCUT2D eigenvalue weighted by Gasteiger charge is -2.19. The Balaban J connectivity index is 2.16. The fraction of sp³-hybridized carbons (Fsp3) is 0.500. The first-order chi connectivity index (χ1) is 9.52. The summed E-state index contributed by atoms with van der Waals surface area (Å²) in [5.74, 6) is -0.485. The number of hydrogen-bond acceptors (Lipinski definition) is 5. The molecule has 1 amide bonds. The van der Waals surface area contributed by atoms with Gasteiger partial charge in [0.2, 0.25) is 0 Å². The maximum absolute atomic E-state index is 12.1. The molecule has 1 saturated carbocycles. The highest BCUT2D eigenvalue weighted by molar-refractivity contribution is 6.32. The molecule has 20 heavy (non-hydrogen) atoms. The first kappa shape index (κ1) is 14.7. The maximum Gasteiger partial charge on any atom is 0.288 e. The average Bonchev–Trinajstić information content (AvgIpc) is 2.86. The predicted molar refractivity (Wildman–Crippen MR) is 71.6 cm³/mol. The minimum absolute atomic E-state index is 0.00582. The molecule has 2 N–H and O–H groups in total. The van der Waals surface area contributed by atoms with Crippen LogP contribution in [0.5, 0.6) is 0 Å². The molecule has 0 radical (unpaired) electrons. The summed E-state index contributed by atoms with van der Waals surface area (Å²) in [5.41, 5.74) is -0.311. The predicted octanol–water partition coefficient (Wildman–Crippen LogP) is 1.53. The van der Waals surface area contributed by atoms with Crippen LogP contribution in [0.4, 0.5) is 5.69 Å². The molecule has 1 aliphatic rings. The normalized spacial score (nSPS) is 21.7. The lowest BCUT2D eigenvalue weighted by Crippen LogP contribution is -2.38. The largest absolute Gasteiger partial charge is 0.396 e. The van der Waals surface area contributed by atoms with Gasteiger partial charge < -0.3 is 10.4 Å². The monoisotopic (exact) mass is 299 g/mol. The third-order valence-corrected chi connectivity index (χ3v) is 3.79. The molecule has 0 saturated heterocycles. The fourth-order valence-corrected chi connectivity index (χ4v) is 2.58. The molecule has 1 aliphatic carbocycles. The van der Waals surface area contributed by atoms with E-state index in [1.807, 2.05) is 0 Å². The molecule has 1 aromatic rings. The highest BCUT2D eigenvalue weighted by Gasteiger charge is 2.29. The molecule has 8 heteroatoms. The topological polar surface area (TPSA) is 105 Å². The minimum atomic E-state index is -0.633. The van der Waals surface area contributed by atoms with Crippen LogP contribution in [0.15, 0.2) is 12.3 Å². The Morgan fingerprint density at radius 2 is 2.35 bits per heavy atom. The van der Waals surface area contributed by atoms with Crippen LogP contribution in [0.1, 0.15) is 29.6 Å². The number of amides is 1. The Morgan fingerprint density at radius 3 is 3.00 bits per heavy atom. The van der Waals surface area contributed by atoms with E-state index in [2.05, 4.69) is 10.3 Å². The zero-order valence-corrected chi connectivity index (χ0v) is 11.3. The quantitative estimate of drug-likeness (QED) is 0.498. The molecule has 1 fully saturated rings. The van der Waals surface area contributed by atoms with Gasteiger partial charge in [0.1, 0.15) is 11.3 Å². The molecule has 2 atom stereocenters. The lowest BCUT2D eigenvalue weighted by atomic mass is 10.0. The van der Waals surface area contributed by atoms with E-state index in [0.717, 1.165) is 31.5 Å². The van der Waals surface area contributed by atoms with Gasteiger partial charge in [0.15, 0.2) is 0 Å². The van der Waals surface area contributed by atoms with Gasteiger partial charge in [-0.25, -0.2) is 4.98 Å². The first-order valence-electron chi connectivity index (χ1n) is 6.24. The summed E-state index contributed by atoms with van der Waals surface area (Å²) in [6.45, 7) is 0.00582. The van der Waals surface area contributed by atoms with Gasteiger partial charge in [-0.15, -0.1) is 0 Å². The van der Waals surface area contributed by atoms with Gasteiger partial charge in [-0.2, -0.15) is 0 Å². The number of nitrogens with one attached hydrogen (secondary N) is 1. The van der Waals surface area contributed by atoms with E-state index in [1.165, 1.54) is 0 Å². The Morgan fingerprint density at radius 1 is 1.60 bits per heavy atom. The highest BCUT2D eigenvalue weighted by atomic mass is 35.5. The Hall–Kier alpha value is -1.73. The molecule has 0 spiro atoms. The summed E-state index contributed by atoms with van der Waals surface area (Å²) in [6.07, 6.45) is 3.56. The lowest BCUT2D eigenvalue weighted by molar-refractivity contribution is -0.385. The van der Waals surface area contributed by atoms with Crippen LogP contribution in [0, 0.1) is 16.0 Å². The van der Waals surface area contributed by atoms with Crippen molar-refractivity contribution < 1.29 is 14.8 Å². The number of halogens is 1. The maximum atomic E-state index is 12.1. The second kappa shape index (κ2) is 6.15. The highest BCUT2D eigenvalue weighted by Crippen LogP contribution is 2.26. The molecule has 2 rings (SSSR count). The smallest absolute Gasteiger partial charge is 0.288 e. The van der Waals surface area contributed by atoms with Crippen LogP contribution >= 0.6 is 11.6 Å². The number of nitro groups is 1. The Labute approximate surface area is 120 Å². The second-order valence-corrected chi connectivity index (χ2v) is 5.10. The van der Waals surface area contributed by atoms with E-state index < -0.39 is 10.8 Å². The molecular formula is C12H14ClN3O4. The Bertz CT molecular complexity index is 537. The molecule has 0 bridgehead atoms. The van der Waals surface area contributed by atoms with Gasteiger partial charge in [-0.05, 0) is 12.8 Å². The molecule has 1 aromatic heterocycles. The summed E-state index contributed by atoms with van der Waals surface area (Å²) in [7, 11) is 0. The number of carbonyl (C=O) groups excluding carboxylic acids is 1. The molecule has 0 aliphatic heterocycles. The number of pyridine rings is 1. The molecule has 7 nitrogen and oxygen atoms in total. The summed E-state index contributed by atoms with van der Waals surface area (Å²) < 4.78 is 0. The van der Waals surface area contributed by atoms with Crippen LogP contribution in [-0.4, -0.2) is 33.6 Å². The van der Waals surface area contributed by atoms with Crippen LogP contribution in [0.3, 0.4) is 0 Å². The zero-order valence-electron chi connectivity index (χ0n) is 10.6. The van der Waals surface area contributed by atoms with Crippen molar-refractivity contribution in [1.29, 1.82) is 0 Å². The van der Waals surface area contributed by atoms with E-state index in [-0.39, 0.29) is 35.0 Å². The van der Waals surface area contributed by atoms with Crippen molar-refractivity contribution >= 4 is 23.2 Å². The zero-order chi connectivity index (χ0) is 14.7. The number of carbonyl (C=O) groups is 1. The van der Waals surface area contributed by atoms with Crippen LogP contribution in [0.2, 0.25) is 5.15 Å². The summed E-state index contributed by atoms with van der Waals surface area (Å²) in [5, 5.41) is 22.6. The number of nitrogens with zero attached hydrogens (tertiary/aromatic N) is 2. The van der Waals surface area contributed by atoms with Gasteiger partial charge >= 0.3 is 0 Å². The van der Waals surface area contributed by atoms with Gasteiger partial charge in [0, 0.05) is 24.6 Å². The third kappa shape index (κ3) is 3.05. The Kier molecular flexibility index (Phi) is 4.51. The van der Waals surface area contributed by atoms with Gasteiger partial charge in [0.05, 0.1) is 10.5 Å². The minimum Gasteiger partial charge on any atom is -0.396 e.